The minimum absolute atomic E-state index is 0.0508. The van der Waals surface area contributed by atoms with Gasteiger partial charge >= 0.3 is 0 Å². The first kappa shape index (κ1) is 19.2. The average molecular weight is 399 g/mol. The number of benzene rings is 1. The molecule has 0 aliphatic carbocycles. The van der Waals surface area contributed by atoms with Crippen LogP contribution in [0.25, 0.3) is 0 Å². The Balaban J connectivity index is 1.64. The van der Waals surface area contributed by atoms with Gasteiger partial charge in [0.05, 0.1) is 12.0 Å². The Morgan fingerprint density at radius 2 is 1.89 bits per heavy atom. The van der Waals surface area contributed by atoms with E-state index >= 15 is 0 Å². The fraction of sp³-hybridized carbons (Fsp3) is 0.455. The molecular weight excluding hydrogens is 372 g/mol. The topological polar surface area (TPSA) is 58.6 Å². The van der Waals surface area contributed by atoms with Crippen molar-refractivity contribution in [3.63, 3.8) is 0 Å². The number of hydrogen-bond acceptors (Lipinski definition) is 4. The maximum Gasteiger partial charge on any atom is 0.227 e. The Morgan fingerprint density at radius 1 is 1.14 bits per heavy atom. The predicted octanol–water partition coefficient (Wildman–Crippen LogP) is 3.84. The van der Waals surface area contributed by atoms with Gasteiger partial charge in [-0.15, -0.1) is 11.3 Å². The number of hydrogen-bond donors (Lipinski definition) is 1. The highest BCUT2D eigenvalue weighted by Crippen LogP contribution is 2.41. The lowest BCUT2D eigenvalue weighted by Crippen LogP contribution is -2.50. The van der Waals surface area contributed by atoms with Crippen LogP contribution < -0.4 is 10.2 Å². The molecule has 1 N–H and O–H groups in total. The molecule has 0 radical (unpaired) electrons. The molecule has 0 bridgehead atoms. The van der Waals surface area contributed by atoms with E-state index in [2.05, 4.69) is 5.32 Å². The van der Waals surface area contributed by atoms with Gasteiger partial charge in [-0.3, -0.25) is 9.59 Å². The van der Waals surface area contributed by atoms with Gasteiger partial charge in [0, 0.05) is 36.2 Å². The van der Waals surface area contributed by atoms with Gasteiger partial charge in [-0.1, -0.05) is 23.8 Å². The molecule has 2 aliphatic heterocycles. The maximum absolute atomic E-state index is 13.2. The lowest BCUT2D eigenvalue weighted by molar-refractivity contribution is -0.130. The summed E-state index contributed by atoms with van der Waals surface area (Å²) >= 11 is 1.61. The van der Waals surface area contributed by atoms with Gasteiger partial charge in [-0.25, -0.2) is 0 Å². The van der Waals surface area contributed by atoms with Crippen molar-refractivity contribution in [3.05, 3.63) is 52.2 Å². The third-order valence-corrected chi connectivity index (χ3v) is 6.59. The molecule has 1 aromatic carbocycles. The van der Waals surface area contributed by atoms with Crippen LogP contribution >= 0.6 is 11.3 Å². The highest BCUT2D eigenvalue weighted by atomic mass is 32.1. The number of aryl methyl sites for hydroxylation is 1. The van der Waals surface area contributed by atoms with Crippen LogP contribution in [0.3, 0.4) is 0 Å². The van der Waals surface area contributed by atoms with Crippen molar-refractivity contribution < 1.29 is 14.3 Å². The van der Waals surface area contributed by atoms with Crippen molar-refractivity contribution in [1.29, 1.82) is 0 Å². The SMILES string of the molecule is Cc1ccc(N2C(=O)CC[C@@H](C(=O)NC3CCOCC3)[C@H]2c2cccs2)cc1. The molecule has 4 rings (SSSR count). The summed E-state index contributed by atoms with van der Waals surface area (Å²) in [4.78, 5) is 29.0. The predicted molar refractivity (Wildman–Crippen MR) is 110 cm³/mol. The van der Waals surface area contributed by atoms with Gasteiger partial charge in [0.2, 0.25) is 11.8 Å². The molecule has 0 unspecified atom stereocenters. The standard InChI is InChI=1S/C22H26N2O3S/c1-15-4-6-17(7-5-15)24-20(25)9-8-18(21(24)19-3-2-14-28-19)22(26)23-16-10-12-27-13-11-16/h2-7,14,16,18,21H,8-13H2,1H3,(H,23,26)/t18-,21+/m1/s1. The highest BCUT2D eigenvalue weighted by molar-refractivity contribution is 7.10. The van der Waals surface area contributed by atoms with Crippen molar-refractivity contribution in [2.45, 2.75) is 44.7 Å². The minimum Gasteiger partial charge on any atom is -0.381 e. The van der Waals surface area contributed by atoms with Gasteiger partial charge in [0.1, 0.15) is 0 Å². The zero-order valence-corrected chi connectivity index (χ0v) is 16.9. The second-order valence-electron chi connectivity index (χ2n) is 7.60. The molecule has 2 aliphatic rings. The van der Waals surface area contributed by atoms with Crippen molar-refractivity contribution >= 4 is 28.8 Å². The zero-order chi connectivity index (χ0) is 19.5. The van der Waals surface area contributed by atoms with Crippen molar-refractivity contribution in [3.8, 4) is 0 Å². The number of nitrogens with zero attached hydrogens (tertiary/aromatic N) is 1. The molecule has 5 nitrogen and oxygen atoms in total. The van der Waals surface area contributed by atoms with Crippen molar-refractivity contribution in [1.82, 2.24) is 5.32 Å². The Morgan fingerprint density at radius 3 is 2.57 bits per heavy atom. The Labute approximate surface area is 169 Å². The molecule has 2 amide bonds. The molecule has 6 heteroatoms. The number of amides is 2. The van der Waals surface area contributed by atoms with Gasteiger partial charge < -0.3 is 15.0 Å². The minimum atomic E-state index is -0.260. The third-order valence-electron chi connectivity index (χ3n) is 5.65. The van der Waals surface area contributed by atoms with Crippen molar-refractivity contribution in [2.24, 2.45) is 5.92 Å². The number of nitrogens with one attached hydrogen (secondary N) is 1. The van der Waals surface area contributed by atoms with Crippen LogP contribution in [0.4, 0.5) is 5.69 Å². The molecule has 0 spiro atoms. The summed E-state index contributed by atoms with van der Waals surface area (Å²) in [5.74, 6) is -0.118. The number of carbonyl (C=O) groups is 2. The van der Waals surface area contributed by atoms with Gasteiger partial charge in [0.25, 0.3) is 0 Å². The molecule has 2 aromatic rings. The van der Waals surface area contributed by atoms with E-state index in [1.807, 2.05) is 53.6 Å². The molecule has 0 saturated carbocycles. The fourth-order valence-electron chi connectivity index (χ4n) is 4.11. The van der Waals surface area contributed by atoms with Crippen LogP contribution in [0.15, 0.2) is 41.8 Å². The van der Waals surface area contributed by atoms with E-state index in [0.29, 0.717) is 26.1 Å². The summed E-state index contributed by atoms with van der Waals surface area (Å²) in [6.07, 6.45) is 2.67. The van der Waals surface area contributed by atoms with Crippen LogP contribution in [0.2, 0.25) is 0 Å². The van der Waals surface area contributed by atoms with Crippen molar-refractivity contribution in [2.75, 3.05) is 18.1 Å². The number of thiophene rings is 1. The van der Waals surface area contributed by atoms with Crippen LogP contribution in [0, 0.1) is 12.8 Å². The number of piperidine rings is 1. The second kappa shape index (κ2) is 8.45. The first-order valence-corrected chi connectivity index (χ1v) is 10.8. The lowest BCUT2D eigenvalue weighted by Gasteiger charge is -2.40. The molecule has 148 valence electrons. The molecule has 2 saturated heterocycles. The van der Waals surface area contributed by atoms with E-state index in [-0.39, 0.29) is 29.8 Å². The van der Waals surface area contributed by atoms with E-state index in [9.17, 15) is 9.59 Å². The Hall–Kier alpha value is -2.18. The van der Waals surface area contributed by atoms with Crippen LogP contribution in [-0.4, -0.2) is 31.1 Å². The quantitative estimate of drug-likeness (QED) is 0.851. The Bertz CT molecular complexity index is 813. The zero-order valence-electron chi connectivity index (χ0n) is 16.1. The molecule has 3 heterocycles. The normalized spacial score (nSPS) is 23.6. The molecule has 2 atom stereocenters. The van der Waals surface area contributed by atoms with E-state index in [1.54, 1.807) is 11.3 Å². The van der Waals surface area contributed by atoms with E-state index in [0.717, 1.165) is 29.0 Å². The maximum atomic E-state index is 13.2. The van der Waals surface area contributed by atoms with E-state index in [1.165, 1.54) is 0 Å². The van der Waals surface area contributed by atoms with E-state index < -0.39 is 0 Å². The summed E-state index contributed by atoms with van der Waals surface area (Å²) in [7, 11) is 0. The molecule has 1 aromatic heterocycles. The number of carbonyl (C=O) groups excluding carboxylic acids is 2. The number of ether oxygens (including phenoxy) is 1. The van der Waals surface area contributed by atoms with Gasteiger partial charge in [-0.2, -0.15) is 0 Å². The smallest absolute Gasteiger partial charge is 0.227 e. The highest BCUT2D eigenvalue weighted by Gasteiger charge is 2.42. The summed E-state index contributed by atoms with van der Waals surface area (Å²) in [5, 5.41) is 5.23. The van der Waals surface area contributed by atoms with Gasteiger partial charge in [-0.05, 0) is 49.8 Å². The largest absolute Gasteiger partial charge is 0.381 e. The van der Waals surface area contributed by atoms with Crippen LogP contribution in [0.5, 0.6) is 0 Å². The van der Waals surface area contributed by atoms with Crippen LogP contribution in [-0.2, 0) is 14.3 Å². The molecule has 28 heavy (non-hydrogen) atoms. The molecule has 2 fully saturated rings. The summed E-state index contributed by atoms with van der Waals surface area (Å²) in [6, 6.07) is 11.9. The summed E-state index contributed by atoms with van der Waals surface area (Å²) in [5.41, 5.74) is 2.01. The lowest BCUT2D eigenvalue weighted by atomic mass is 9.86. The molecular formula is C22H26N2O3S. The van der Waals surface area contributed by atoms with Gasteiger partial charge in [0.15, 0.2) is 0 Å². The third kappa shape index (κ3) is 3.98. The number of anilines is 1. The monoisotopic (exact) mass is 398 g/mol. The Kier molecular flexibility index (Phi) is 5.78. The average Bonchev–Trinajstić information content (AvgIpc) is 3.24. The number of rotatable bonds is 4. The summed E-state index contributed by atoms with van der Waals surface area (Å²) in [6.45, 7) is 3.42. The first-order chi connectivity index (χ1) is 13.6. The van der Waals surface area contributed by atoms with E-state index in [4.69, 9.17) is 4.74 Å². The summed E-state index contributed by atoms with van der Waals surface area (Å²) < 4.78 is 5.40. The first-order valence-electron chi connectivity index (χ1n) is 9.94. The second-order valence-corrected chi connectivity index (χ2v) is 8.58. The van der Waals surface area contributed by atoms with Crippen LogP contribution in [0.1, 0.15) is 42.2 Å². The fourth-order valence-corrected chi connectivity index (χ4v) is 4.99.